The molecule has 138 valence electrons. The molecule has 0 spiro atoms. The second-order valence-corrected chi connectivity index (χ2v) is 6.68. The summed E-state index contributed by atoms with van der Waals surface area (Å²) in [6, 6.07) is 10.6. The van der Waals surface area contributed by atoms with Gasteiger partial charge in [-0.15, -0.1) is 0 Å². The number of rotatable bonds is 4. The maximum absolute atomic E-state index is 13.3. The molecule has 1 saturated heterocycles. The van der Waals surface area contributed by atoms with Crippen LogP contribution < -0.4 is 10.2 Å². The zero-order valence-electron chi connectivity index (χ0n) is 14.4. The summed E-state index contributed by atoms with van der Waals surface area (Å²) < 4.78 is 26.2. The number of hydrogen-bond acceptors (Lipinski definition) is 3. The Kier molecular flexibility index (Phi) is 5.74. The molecule has 0 saturated carbocycles. The molecule has 26 heavy (non-hydrogen) atoms. The number of carbonyl (C=O) groups is 1. The quantitative estimate of drug-likeness (QED) is 0.878. The van der Waals surface area contributed by atoms with E-state index >= 15 is 0 Å². The van der Waals surface area contributed by atoms with Crippen LogP contribution in [0.4, 0.5) is 20.2 Å². The van der Waals surface area contributed by atoms with Gasteiger partial charge in [-0.2, -0.15) is 0 Å². The number of nitrogens with one attached hydrogen (secondary N) is 1. The summed E-state index contributed by atoms with van der Waals surface area (Å²) in [5, 5.41) is 3.35. The van der Waals surface area contributed by atoms with Crippen molar-refractivity contribution in [1.29, 1.82) is 0 Å². The fourth-order valence-corrected chi connectivity index (χ4v) is 3.30. The molecule has 1 aliphatic rings. The first-order chi connectivity index (χ1) is 12.5. The normalized spacial score (nSPS) is 16.4. The Morgan fingerprint density at radius 2 is 1.77 bits per heavy atom. The highest BCUT2D eigenvalue weighted by atomic mass is 35.5. The summed E-state index contributed by atoms with van der Waals surface area (Å²) in [4.78, 5) is 16.7. The first-order valence-electron chi connectivity index (χ1n) is 8.45. The molecule has 4 nitrogen and oxygen atoms in total. The third-order valence-electron chi connectivity index (χ3n) is 4.62. The molecular formula is C19H20ClF2N3O. The molecule has 2 aromatic rings. The van der Waals surface area contributed by atoms with Crippen LogP contribution in [0.15, 0.2) is 42.5 Å². The fraction of sp³-hybridized carbons (Fsp3) is 0.316. The van der Waals surface area contributed by atoms with Crippen molar-refractivity contribution in [3.63, 3.8) is 0 Å². The lowest BCUT2D eigenvalue weighted by atomic mass is 10.2. The minimum Gasteiger partial charge on any atom is -0.368 e. The second kappa shape index (κ2) is 8.01. The average molecular weight is 380 g/mol. The van der Waals surface area contributed by atoms with Crippen molar-refractivity contribution in [1.82, 2.24) is 4.90 Å². The summed E-state index contributed by atoms with van der Waals surface area (Å²) in [6.45, 7) is 4.73. The number of carbonyl (C=O) groups excluding carboxylic acids is 1. The molecule has 3 rings (SSSR count). The van der Waals surface area contributed by atoms with Crippen molar-refractivity contribution in [3.8, 4) is 0 Å². The number of benzene rings is 2. The molecule has 2 aromatic carbocycles. The molecule has 1 aliphatic heterocycles. The van der Waals surface area contributed by atoms with Gasteiger partial charge >= 0.3 is 0 Å². The van der Waals surface area contributed by atoms with Crippen molar-refractivity contribution < 1.29 is 13.6 Å². The SMILES string of the molecule is C[C@H](C(=O)Nc1ccc(F)c(F)c1)N1CCN(c2ccccc2Cl)CC1. The molecule has 0 unspecified atom stereocenters. The third kappa shape index (κ3) is 4.14. The van der Waals surface area contributed by atoms with Gasteiger partial charge in [0.15, 0.2) is 11.6 Å². The summed E-state index contributed by atoms with van der Waals surface area (Å²) >= 11 is 6.24. The predicted molar refractivity (Wildman–Crippen MR) is 99.7 cm³/mol. The number of anilines is 2. The van der Waals surface area contributed by atoms with Crippen LogP contribution in [0.5, 0.6) is 0 Å². The van der Waals surface area contributed by atoms with E-state index in [1.165, 1.54) is 6.07 Å². The molecule has 1 atom stereocenters. The Bertz CT molecular complexity index is 794. The zero-order valence-corrected chi connectivity index (χ0v) is 15.1. The molecule has 1 amide bonds. The van der Waals surface area contributed by atoms with E-state index in [2.05, 4.69) is 15.1 Å². The first kappa shape index (κ1) is 18.6. The monoisotopic (exact) mass is 379 g/mol. The Morgan fingerprint density at radius 3 is 2.42 bits per heavy atom. The summed E-state index contributed by atoms with van der Waals surface area (Å²) in [5.41, 5.74) is 1.24. The van der Waals surface area contributed by atoms with Gasteiger partial charge in [0.05, 0.1) is 16.8 Å². The van der Waals surface area contributed by atoms with E-state index in [9.17, 15) is 13.6 Å². The van der Waals surface area contributed by atoms with E-state index in [1.807, 2.05) is 24.3 Å². The van der Waals surface area contributed by atoms with Crippen LogP contribution in [0.2, 0.25) is 5.02 Å². The standard InChI is InChI=1S/C19H20ClF2N3O/c1-13(19(26)23-14-6-7-16(21)17(22)12-14)24-8-10-25(11-9-24)18-5-3-2-4-15(18)20/h2-7,12-13H,8-11H2,1H3,(H,23,26)/t13-/m1/s1. The lowest BCUT2D eigenvalue weighted by Gasteiger charge is -2.38. The van der Waals surface area contributed by atoms with E-state index in [4.69, 9.17) is 11.6 Å². The topological polar surface area (TPSA) is 35.6 Å². The smallest absolute Gasteiger partial charge is 0.241 e. The van der Waals surface area contributed by atoms with E-state index in [0.29, 0.717) is 18.1 Å². The van der Waals surface area contributed by atoms with Gasteiger partial charge in [-0.05, 0) is 31.2 Å². The van der Waals surface area contributed by atoms with Crippen LogP contribution >= 0.6 is 11.6 Å². The van der Waals surface area contributed by atoms with Crippen LogP contribution in [0, 0.1) is 11.6 Å². The summed E-state index contributed by atoms with van der Waals surface area (Å²) in [5.74, 6) is -2.17. The largest absolute Gasteiger partial charge is 0.368 e. The predicted octanol–water partition coefficient (Wildman–Crippen LogP) is 3.77. The summed E-state index contributed by atoms with van der Waals surface area (Å²) in [7, 11) is 0. The lowest BCUT2D eigenvalue weighted by Crippen LogP contribution is -2.52. The van der Waals surface area contributed by atoms with Crippen LogP contribution in [-0.4, -0.2) is 43.0 Å². The van der Waals surface area contributed by atoms with Gasteiger partial charge in [-0.25, -0.2) is 8.78 Å². The maximum atomic E-state index is 13.3. The lowest BCUT2D eigenvalue weighted by molar-refractivity contribution is -0.120. The van der Waals surface area contributed by atoms with Crippen LogP contribution in [0.3, 0.4) is 0 Å². The highest BCUT2D eigenvalue weighted by molar-refractivity contribution is 6.33. The Hall–Kier alpha value is -2.18. The second-order valence-electron chi connectivity index (χ2n) is 6.27. The van der Waals surface area contributed by atoms with Crippen molar-refractivity contribution in [2.45, 2.75) is 13.0 Å². The molecule has 1 heterocycles. The molecule has 0 bridgehead atoms. The Balaban J connectivity index is 1.57. The highest BCUT2D eigenvalue weighted by Crippen LogP contribution is 2.26. The van der Waals surface area contributed by atoms with Crippen molar-refractivity contribution >= 4 is 28.9 Å². The van der Waals surface area contributed by atoms with Gasteiger partial charge in [0, 0.05) is 37.9 Å². The molecule has 1 N–H and O–H groups in total. The van der Waals surface area contributed by atoms with E-state index in [1.54, 1.807) is 6.92 Å². The van der Waals surface area contributed by atoms with Gasteiger partial charge < -0.3 is 10.2 Å². The van der Waals surface area contributed by atoms with Crippen LogP contribution in [-0.2, 0) is 4.79 Å². The van der Waals surface area contributed by atoms with Crippen molar-refractivity contribution in [2.24, 2.45) is 0 Å². The molecule has 7 heteroatoms. The van der Waals surface area contributed by atoms with Gasteiger partial charge in [0.2, 0.25) is 5.91 Å². The molecule has 0 aliphatic carbocycles. The Morgan fingerprint density at radius 1 is 1.08 bits per heavy atom. The van der Waals surface area contributed by atoms with Gasteiger partial charge in [-0.1, -0.05) is 23.7 Å². The Labute approximate surface area is 156 Å². The van der Waals surface area contributed by atoms with Crippen molar-refractivity contribution in [3.05, 3.63) is 59.1 Å². The summed E-state index contributed by atoms with van der Waals surface area (Å²) in [6.07, 6.45) is 0. The molecule has 1 fully saturated rings. The fourth-order valence-electron chi connectivity index (χ4n) is 3.04. The van der Waals surface area contributed by atoms with E-state index in [-0.39, 0.29) is 17.6 Å². The van der Waals surface area contributed by atoms with Crippen LogP contribution in [0.1, 0.15) is 6.92 Å². The maximum Gasteiger partial charge on any atom is 0.241 e. The van der Waals surface area contributed by atoms with Crippen molar-refractivity contribution in [2.75, 3.05) is 36.4 Å². The number of para-hydroxylation sites is 1. The number of hydrogen-bond donors (Lipinski definition) is 1. The van der Waals surface area contributed by atoms with Gasteiger partial charge in [0.25, 0.3) is 0 Å². The first-order valence-corrected chi connectivity index (χ1v) is 8.83. The van der Waals surface area contributed by atoms with Gasteiger partial charge in [0.1, 0.15) is 0 Å². The minimum atomic E-state index is -0.983. The molecular weight excluding hydrogens is 360 g/mol. The zero-order chi connectivity index (χ0) is 18.7. The number of halogens is 3. The third-order valence-corrected chi connectivity index (χ3v) is 4.94. The number of amides is 1. The van der Waals surface area contributed by atoms with E-state index < -0.39 is 11.6 Å². The van der Waals surface area contributed by atoms with Gasteiger partial charge in [-0.3, -0.25) is 9.69 Å². The number of nitrogens with zero attached hydrogens (tertiary/aromatic N) is 2. The van der Waals surface area contributed by atoms with Crippen LogP contribution in [0.25, 0.3) is 0 Å². The molecule has 0 aromatic heterocycles. The number of piperazine rings is 1. The van der Waals surface area contributed by atoms with E-state index in [0.717, 1.165) is 30.9 Å². The minimum absolute atomic E-state index is 0.246. The highest BCUT2D eigenvalue weighted by Gasteiger charge is 2.26. The molecule has 0 radical (unpaired) electrons. The average Bonchev–Trinajstić information content (AvgIpc) is 2.65.